The van der Waals surface area contributed by atoms with Crippen molar-refractivity contribution in [2.24, 2.45) is 0 Å². The molecule has 2 aromatic rings. The van der Waals surface area contributed by atoms with E-state index in [0.29, 0.717) is 12.1 Å². The molecule has 13 nitrogen and oxygen atoms in total. The third-order valence-corrected chi connectivity index (χ3v) is 5.13. The van der Waals surface area contributed by atoms with Crippen molar-refractivity contribution in [3.05, 3.63) is 23.3 Å². The van der Waals surface area contributed by atoms with E-state index in [2.05, 4.69) is 0 Å². The number of benzene rings is 2. The van der Waals surface area contributed by atoms with E-state index >= 15 is 0 Å². The molecule has 1 unspecified atom stereocenters. The molecule has 2 aliphatic rings. The standard InChI is InChI=1S/C19H16O13/c20-6-1-4-9(13(24)11(6)22)10-5(2-7(21)12(23)14(10)25)18(28)32-16-8(31-17(4)27)3-30-19(29)15(16)26/h1-2,8,15-16,19-26,29H,3H2/t8-,15+,16-,19?/m0/s1. The van der Waals surface area contributed by atoms with E-state index in [1.807, 2.05) is 0 Å². The van der Waals surface area contributed by atoms with Crippen molar-refractivity contribution in [3.63, 3.8) is 0 Å². The Bertz CT molecular complexity index is 1140. The minimum atomic E-state index is -1.87. The van der Waals surface area contributed by atoms with Gasteiger partial charge in [-0.3, -0.25) is 0 Å². The lowest BCUT2D eigenvalue weighted by Gasteiger charge is -2.37. The second-order valence-electron chi connectivity index (χ2n) is 7.06. The quantitative estimate of drug-likeness (QED) is 0.184. The van der Waals surface area contributed by atoms with Gasteiger partial charge in [-0.25, -0.2) is 9.59 Å². The molecule has 4 rings (SSSR count). The maximum atomic E-state index is 12.9. The molecule has 0 spiro atoms. The fourth-order valence-corrected chi connectivity index (χ4v) is 3.52. The molecule has 4 atom stereocenters. The number of hydrogen-bond donors (Lipinski definition) is 8. The van der Waals surface area contributed by atoms with Crippen LogP contribution in [0.5, 0.6) is 34.5 Å². The first-order valence-electron chi connectivity index (χ1n) is 8.98. The largest absolute Gasteiger partial charge is 0.504 e. The highest BCUT2D eigenvalue weighted by Crippen LogP contribution is 2.53. The number of hydrogen-bond acceptors (Lipinski definition) is 13. The van der Waals surface area contributed by atoms with E-state index in [1.54, 1.807) is 0 Å². The molecule has 13 heteroatoms. The number of fused-ring (bicyclic) bond motifs is 4. The van der Waals surface area contributed by atoms with Crippen LogP contribution in [-0.2, 0) is 14.2 Å². The van der Waals surface area contributed by atoms with Crippen molar-refractivity contribution in [3.8, 4) is 45.6 Å². The molecule has 0 aliphatic carbocycles. The number of phenolic OH excluding ortho intramolecular Hbond substituents is 6. The maximum absolute atomic E-state index is 12.9. The van der Waals surface area contributed by atoms with Crippen LogP contribution in [0.25, 0.3) is 11.1 Å². The Morgan fingerprint density at radius 2 is 1.19 bits per heavy atom. The van der Waals surface area contributed by atoms with E-state index in [1.165, 1.54) is 0 Å². The van der Waals surface area contributed by atoms with Crippen LogP contribution in [-0.4, -0.2) is 84.0 Å². The monoisotopic (exact) mass is 452 g/mol. The summed E-state index contributed by atoms with van der Waals surface area (Å²) in [5, 5.41) is 80.4. The highest BCUT2D eigenvalue weighted by atomic mass is 16.7. The molecule has 32 heavy (non-hydrogen) atoms. The number of rotatable bonds is 0. The summed E-state index contributed by atoms with van der Waals surface area (Å²) in [6.45, 7) is -0.522. The van der Waals surface area contributed by atoms with Crippen molar-refractivity contribution in [1.29, 1.82) is 0 Å². The molecule has 0 saturated carbocycles. The third kappa shape index (κ3) is 3.07. The van der Waals surface area contributed by atoms with Crippen molar-refractivity contribution in [2.45, 2.75) is 24.6 Å². The first-order chi connectivity index (χ1) is 15.0. The van der Waals surface area contributed by atoms with Crippen molar-refractivity contribution in [2.75, 3.05) is 6.61 Å². The smallest absolute Gasteiger partial charge is 0.339 e. The molecule has 1 saturated heterocycles. The molecule has 8 N–H and O–H groups in total. The Kier molecular flexibility index (Phi) is 4.88. The number of phenols is 6. The van der Waals surface area contributed by atoms with Crippen LogP contribution in [0, 0.1) is 0 Å². The molecule has 0 aromatic heterocycles. The summed E-state index contributed by atoms with van der Waals surface area (Å²) in [6, 6.07) is 1.31. The van der Waals surface area contributed by atoms with Crippen molar-refractivity contribution in [1.82, 2.24) is 0 Å². The summed E-state index contributed by atoms with van der Waals surface area (Å²) in [5.41, 5.74) is -2.87. The van der Waals surface area contributed by atoms with Gasteiger partial charge in [0.25, 0.3) is 0 Å². The van der Waals surface area contributed by atoms with E-state index in [9.17, 15) is 50.4 Å². The molecule has 0 radical (unpaired) electrons. The zero-order valence-corrected chi connectivity index (χ0v) is 15.8. The first-order valence-corrected chi connectivity index (χ1v) is 8.98. The Morgan fingerprint density at radius 3 is 1.69 bits per heavy atom. The molecular formula is C19H16O13. The maximum Gasteiger partial charge on any atom is 0.339 e. The minimum Gasteiger partial charge on any atom is -0.504 e. The van der Waals surface area contributed by atoms with Gasteiger partial charge in [0.2, 0.25) is 11.5 Å². The van der Waals surface area contributed by atoms with Gasteiger partial charge in [0, 0.05) is 11.1 Å². The number of aromatic hydroxyl groups is 6. The number of aliphatic hydroxyl groups is 2. The fraction of sp³-hybridized carbons (Fsp3) is 0.263. The lowest BCUT2D eigenvalue weighted by atomic mass is 9.91. The van der Waals surface area contributed by atoms with Gasteiger partial charge in [0.05, 0.1) is 17.7 Å². The van der Waals surface area contributed by atoms with E-state index in [4.69, 9.17) is 14.2 Å². The molecule has 170 valence electrons. The third-order valence-electron chi connectivity index (χ3n) is 5.13. The molecule has 1 fully saturated rings. The van der Waals surface area contributed by atoms with Gasteiger partial charge in [-0.15, -0.1) is 0 Å². The van der Waals surface area contributed by atoms with Gasteiger partial charge in [0.15, 0.2) is 41.5 Å². The molecule has 0 amide bonds. The SMILES string of the molecule is O=C1O[C@H]2[C@H](COC(O)[C@@H]2O)OC(=O)c2cc(O)c(O)c(O)c2-c2c1cc(O)c(O)c2O. The normalized spacial score (nSPS) is 25.1. The summed E-state index contributed by atoms with van der Waals surface area (Å²) in [7, 11) is 0. The number of carbonyl (C=O) groups excluding carboxylic acids is 2. The van der Waals surface area contributed by atoms with Crippen LogP contribution in [0.2, 0.25) is 0 Å². The second-order valence-corrected chi connectivity index (χ2v) is 7.06. The van der Waals surface area contributed by atoms with Crippen LogP contribution < -0.4 is 0 Å². The predicted octanol–water partition coefficient (Wildman–Crippen LogP) is -0.639. The van der Waals surface area contributed by atoms with E-state index in [-0.39, 0.29) is 0 Å². The zero-order valence-electron chi connectivity index (χ0n) is 15.8. The Balaban J connectivity index is 2.06. The van der Waals surface area contributed by atoms with E-state index in [0.717, 1.165) is 0 Å². The predicted molar refractivity (Wildman–Crippen MR) is 98.2 cm³/mol. The Labute approximate surface area is 177 Å². The van der Waals surface area contributed by atoms with Crippen LogP contribution in [0.1, 0.15) is 20.7 Å². The van der Waals surface area contributed by atoms with Gasteiger partial charge in [0.1, 0.15) is 6.10 Å². The van der Waals surface area contributed by atoms with Crippen LogP contribution in [0.3, 0.4) is 0 Å². The number of aliphatic hydroxyl groups excluding tert-OH is 2. The van der Waals surface area contributed by atoms with Gasteiger partial charge in [-0.05, 0) is 12.1 Å². The number of esters is 2. The van der Waals surface area contributed by atoms with Gasteiger partial charge in [-0.2, -0.15) is 0 Å². The molecule has 2 heterocycles. The van der Waals surface area contributed by atoms with Gasteiger partial charge >= 0.3 is 11.9 Å². The molecule has 2 aromatic carbocycles. The summed E-state index contributed by atoms with van der Waals surface area (Å²) < 4.78 is 15.2. The fourth-order valence-electron chi connectivity index (χ4n) is 3.52. The first kappa shape index (κ1) is 21.3. The van der Waals surface area contributed by atoms with Crippen molar-refractivity contribution < 1.29 is 64.7 Å². The molecule has 2 aliphatic heterocycles. The van der Waals surface area contributed by atoms with E-state index < -0.39 is 99.9 Å². The number of ether oxygens (including phenoxy) is 3. The lowest BCUT2D eigenvalue weighted by Crippen LogP contribution is -2.56. The average molecular weight is 452 g/mol. The van der Waals surface area contributed by atoms with Gasteiger partial charge < -0.3 is 55.1 Å². The highest BCUT2D eigenvalue weighted by Gasteiger charge is 2.46. The minimum absolute atomic E-state index is 0.522. The summed E-state index contributed by atoms with van der Waals surface area (Å²) in [5.74, 6) is -9.19. The van der Waals surface area contributed by atoms with Crippen LogP contribution in [0.15, 0.2) is 12.1 Å². The lowest BCUT2D eigenvalue weighted by molar-refractivity contribution is -0.251. The Morgan fingerprint density at radius 1 is 0.719 bits per heavy atom. The summed E-state index contributed by atoms with van der Waals surface area (Å²) >= 11 is 0. The van der Waals surface area contributed by atoms with Crippen molar-refractivity contribution >= 4 is 11.9 Å². The van der Waals surface area contributed by atoms with Crippen LogP contribution >= 0.6 is 0 Å². The molecular weight excluding hydrogens is 436 g/mol. The Hall–Kier alpha value is -3.94. The van der Waals surface area contributed by atoms with Crippen LogP contribution in [0.4, 0.5) is 0 Å². The zero-order chi connectivity index (χ0) is 23.5. The molecule has 0 bridgehead atoms. The highest BCUT2D eigenvalue weighted by molar-refractivity contribution is 6.08. The van der Waals surface area contributed by atoms with Gasteiger partial charge in [-0.1, -0.05) is 0 Å². The second kappa shape index (κ2) is 7.33. The summed E-state index contributed by atoms with van der Waals surface area (Å²) in [4.78, 5) is 25.8. The topological polar surface area (TPSA) is 224 Å². The average Bonchev–Trinajstić information content (AvgIpc) is 2.75. The summed E-state index contributed by atoms with van der Waals surface area (Å²) in [6.07, 6.45) is -6.79. The number of carbonyl (C=O) groups is 2.